The van der Waals surface area contributed by atoms with Crippen molar-refractivity contribution in [3.63, 3.8) is 0 Å². The van der Waals surface area contributed by atoms with Crippen molar-refractivity contribution in [2.24, 2.45) is 0 Å². The first-order valence-electron chi connectivity index (χ1n) is 20.3. The van der Waals surface area contributed by atoms with Crippen LogP contribution in [-0.2, 0) is 20.7 Å². The predicted octanol–water partition coefficient (Wildman–Crippen LogP) is 7.14. The topological polar surface area (TPSA) is 172 Å². The second kappa shape index (κ2) is 19.0. The summed E-state index contributed by atoms with van der Waals surface area (Å²) < 4.78 is 17.8. The van der Waals surface area contributed by atoms with Gasteiger partial charge in [0.1, 0.15) is 22.8 Å². The average Bonchev–Trinajstić information content (AvgIpc) is 3.14. The lowest BCUT2D eigenvalue weighted by atomic mass is 9.72. The summed E-state index contributed by atoms with van der Waals surface area (Å²) in [5.74, 6) is -3.02. The standard InChI is InChI=1S/C43H61NO10/c1-5-6-7-8-9-10-11-12-13-14-15-16-17-18-22-44-30-23-33(53-26(2)38(30)46)54-32-25-43(51,27(3)45)24-29-35(32)42(50)37-36(40(29)48)39(47)28-20-19-21-31(52-4)34(28)41(37)49/h19-21,26,30,32-33,38,44,46,48,50-51H,5-18,22-25H2,1-4H3/t26-,30-,32-,33-,38+,43-/m0/s1. The summed E-state index contributed by atoms with van der Waals surface area (Å²) in [6.07, 6.45) is 13.8. The first-order chi connectivity index (χ1) is 25.9. The van der Waals surface area contributed by atoms with Gasteiger partial charge in [-0.2, -0.15) is 0 Å². The van der Waals surface area contributed by atoms with Gasteiger partial charge in [-0.15, -0.1) is 0 Å². The maximum atomic E-state index is 13.9. The van der Waals surface area contributed by atoms with Crippen molar-refractivity contribution in [3.8, 4) is 17.2 Å². The number of benzene rings is 2. The largest absolute Gasteiger partial charge is 0.507 e. The first kappa shape index (κ1) is 41.8. The predicted molar refractivity (Wildman–Crippen MR) is 204 cm³/mol. The lowest BCUT2D eigenvalue weighted by molar-refractivity contribution is -0.249. The number of hydrogen-bond donors (Lipinski definition) is 5. The molecule has 0 unspecified atom stereocenters. The zero-order valence-corrected chi connectivity index (χ0v) is 32.6. The molecule has 0 bridgehead atoms. The number of carbonyl (C=O) groups excluding carboxylic acids is 3. The van der Waals surface area contributed by atoms with Crippen LogP contribution in [0.2, 0.25) is 0 Å². The van der Waals surface area contributed by atoms with Crippen molar-refractivity contribution in [1.82, 2.24) is 5.32 Å². The number of aliphatic hydroxyl groups is 2. The number of fused-ring (bicyclic) bond motifs is 3. The number of aliphatic hydroxyl groups excluding tert-OH is 1. The van der Waals surface area contributed by atoms with E-state index in [2.05, 4.69) is 12.2 Å². The van der Waals surface area contributed by atoms with Gasteiger partial charge < -0.3 is 40.0 Å². The Balaban J connectivity index is 1.22. The van der Waals surface area contributed by atoms with Crippen LogP contribution in [0.5, 0.6) is 17.2 Å². The Morgan fingerprint density at radius 3 is 2.07 bits per heavy atom. The van der Waals surface area contributed by atoms with Gasteiger partial charge in [-0.3, -0.25) is 14.4 Å². The molecule has 0 spiro atoms. The molecule has 54 heavy (non-hydrogen) atoms. The van der Waals surface area contributed by atoms with Crippen molar-refractivity contribution >= 4 is 17.3 Å². The van der Waals surface area contributed by atoms with Crippen LogP contribution in [-0.4, -0.2) is 81.6 Å². The molecular formula is C43H61NO10. The van der Waals surface area contributed by atoms with Crippen LogP contribution in [0.25, 0.3) is 0 Å². The fourth-order valence-corrected chi connectivity index (χ4v) is 8.43. The molecule has 0 amide bonds. The van der Waals surface area contributed by atoms with E-state index in [1.807, 2.05) is 0 Å². The molecule has 5 N–H and O–H groups in total. The molecule has 2 aromatic carbocycles. The Morgan fingerprint density at radius 2 is 1.48 bits per heavy atom. The van der Waals surface area contributed by atoms with Crippen LogP contribution in [0, 0.1) is 0 Å². The van der Waals surface area contributed by atoms with Gasteiger partial charge in [0.2, 0.25) is 5.78 Å². The lowest BCUT2D eigenvalue weighted by Crippen LogP contribution is -2.54. The molecule has 1 heterocycles. The van der Waals surface area contributed by atoms with Crippen molar-refractivity contribution in [1.29, 1.82) is 0 Å². The summed E-state index contributed by atoms with van der Waals surface area (Å²) in [7, 11) is 1.36. The van der Waals surface area contributed by atoms with Crippen molar-refractivity contribution in [3.05, 3.63) is 51.6 Å². The summed E-state index contributed by atoms with van der Waals surface area (Å²) >= 11 is 0. The molecule has 0 aromatic heterocycles. The number of unbranched alkanes of at least 4 members (excludes halogenated alkanes) is 13. The number of Topliss-reactive ketones (excluding diaryl/α,β-unsaturated/α-hetero) is 1. The molecule has 1 aliphatic heterocycles. The SMILES string of the molecule is CCCCCCCCCCCCCCCCN[C@H]1C[C@H](O[C@H]2C[C@](O)(C(C)=O)Cc3c(O)c4c(c(O)c32)C(=O)c2c(OC)cccc2C4=O)O[C@@H](C)[C@H]1O. The molecule has 1 fully saturated rings. The van der Waals surface area contributed by atoms with Gasteiger partial charge >= 0.3 is 0 Å². The maximum Gasteiger partial charge on any atom is 0.202 e. The van der Waals surface area contributed by atoms with E-state index < -0.39 is 76.6 Å². The number of hydrogen-bond acceptors (Lipinski definition) is 11. The van der Waals surface area contributed by atoms with Gasteiger partial charge in [-0.1, -0.05) is 103 Å². The van der Waals surface area contributed by atoms with Crippen LogP contribution in [0.3, 0.4) is 0 Å². The van der Waals surface area contributed by atoms with Crippen molar-refractivity contribution in [2.75, 3.05) is 13.7 Å². The highest BCUT2D eigenvalue weighted by Crippen LogP contribution is 2.52. The van der Waals surface area contributed by atoms with Gasteiger partial charge in [0.15, 0.2) is 17.9 Å². The number of rotatable bonds is 20. The minimum atomic E-state index is -2.00. The molecule has 2 aromatic rings. The molecule has 3 aliphatic rings. The molecular weight excluding hydrogens is 690 g/mol. The second-order valence-corrected chi connectivity index (χ2v) is 15.6. The van der Waals surface area contributed by atoms with Crippen LogP contribution in [0.15, 0.2) is 18.2 Å². The van der Waals surface area contributed by atoms with Gasteiger partial charge in [-0.05, 0) is 32.9 Å². The summed E-state index contributed by atoms with van der Waals surface area (Å²) in [5.41, 5.74) is -2.87. The molecule has 2 aliphatic carbocycles. The van der Waals surface area contributed by atoms with E-state index >= 15 is 0 Å². The number of phenolic OH excluding ortho intramolecular Hbond substituents is 2. The van der Waals surface area contributed by atoms with Crippen LogP contribution in [0.4, 0.5) is 0 Å². The Kier molecular flexibility index (Phi) is 14.7. The minimum Gasteiger partial charge on any atom is -0.507 e. The van der Waals surface area contributed by atoms with E-state index in [9.17, 15) is 34.8 Å². The Bertz CT molecular complexity index is 1640. The number of aromatic hydroxyl groups is 2. The molecule has 5 rings (SSSR count). The van der Waals surface area contributed by atoms with Crippen molar-refractivity contribution in [2.45, 2.75) is 166 Å². The third kappa shape index (κ3) is 9.19. The van der Waals surface area contributed by atoms with E-state index in [1.54, 1.807) is 13.0 Å². The molecule has 0 saturated carbocycles. The summed E-state index contributed by atoms with van der Waals surface area (Å²) in [6.45, 7) is 5.91. The zero-order valence-electron chi connectivity index (χ0n) is 32.6. The molecule has 0 radical (unpaired) electrons. The van der Waals surface area contributed by atoms with Crippen LogP contribution in [0.1, 0.15) is 173 Å². The second-order valence-electron chi connectivity index (χ2n) is 15.6. The van der Waals surface area contributed by atoms with Crippen LogP contribution >= 0.6 is 0 Å². The third-order valence-electron chi connectivity index (χ3n) is 11.7. The monoisotopic (exact) mass is 751 g/mol. The van der Waals surface area contributed by atoms with Gasteiger partial charge in [-0.25, -0.2) is 0 Å². The zero-order chi connectivity index (χ0) is 39.0. The molecule has 298 valence electrons. The van der Waals surface area contributed by atoms with Gasteiger partial charge in [0, 0.05) is 42.0 Å². The summed E-state index contributed by atoms with van der Waals surface area (Å²) in [6, 6.07) is 4.15. The Labute approximate surface area is 319 Å². The number of carbonyl (C=O) groups is 3. The van der Waals surface area contributed by atoms with E-state index in [0.29, 0.717) is 6.54 Å². The number of ether oxygens (including phenoxy) is 3. The highest BCUT2D eigenvalue weighted by atomic mass is 16.7. The van der Waals surface area contributed by atoms with E-state index in [-0.39, 0.29) is 46.9 Å². The van der Waals surface area contributed by atoms with Crippen LogP contribution < -0.4 is 10.1 Å². The van der Waals surface area contributed by atoms with Crippen molar-refractivity contribution < 1.29 is 49.0 Å². The summed E-state index contributed by atoms with van der Waals surface area (Å²) in [5, 5.41) is 49.4. The van der Waals surface area contributed by atoms with Gasteiger partial charge in [0.25, 0.3) is 0 Å². The highest BCUT2D eigenvalue weighted by molar-refractivity contribution is 6.31. The minimum absolute atomic E-state index is 0.00251. The molecule has 11 heteroatoms. The fraction of sp³-hybridized carbons (Fsp3) is 0.651. The number of phenols is 2. The van der Waals surface area contributed by atoms with Gasteiger partial charge in [0.05, 0.1) is 42.1 Å². The average molecular weight is 752 g/mol. The van der Waals surface area contributed by atoms with E-state index in [0.717, 1.165) is 12.8 Å². The normalized spacial score (nSPS) is 24.9. The highest BCUT2D eigenvalue weighted by Gasteiger charge is 2.49. The van der Waals surface area contributed by atoms with E-state index in [1.165, 1.54) is 103 Å². The fourth-order valence-electron chi connectivity index (χ4n) is 8.43. The summed E-state index contributed by atoms with van der Waals surface area (Å²) in [4.78, 5) is 40.5. The number of ketones is 3. The smallest absolute Gasteiger partial charge is 0.202 e. The molecule has 6 atom stereocenters. The Morgan fingerprint density at radius 1 is 0.889 bits per heavy atom. The Hall–Kier alpha value is -3.35. The molecule has 1 saturated heterocycles. The number of nitrogens with one attached hydrogen (secondary N) is 1. The first-order valence-corrected chi connectivity index (χ1v) is 20.3. The quantitative estimate of drug-likeness (QED) is 0.0587. The third-order valence-corrected chi connectivity index (χ3v) is 11.7. The number of methoxy groups -OCH3 is 1. The maximum absolute atomic E-state index is 13.9. The lowest BCUT2D eigenvalue weighted by Gasteiger charge is -2.43. The van der Waals surface area contributed by atoms with E-state index in [4.69, 9.17) is 14.2 Å². The molecule has 11 nitrogen and oxygen atoms in total.